The molecule has 0 saturated heterocycles. The van der Waals surface area contributed by atoms with Gasteiger partial charge in [-0.25, -0.2) is 18.9 Å². The van der Waals surface area contributed by atoms with Gasteiger partial charge in [0.1, 0.15) is 19.8 Å². The number of hydrogen-bond donors (Lipinski definition) is 0. The SMILES string of the molecule is CCOP(=O)(OCCOC(=O)c1ccc(C(=O)CC)cc1)OCCOC(=O)c1ccc(C(=O)OCCOC)cc1. The summed E-state index contributed by atoms with van der Waals surface area (Å²) in [7, 11) is -2.52. The monoisotopic (exact) mass is 580 g/mol. The fourth-order valence-corrected chi connectivity index (χ4v) is 4.18. The lowest BCUT2D eigenvalue weighted by molar-refractivity contribution is 0.0322. The topological polar surface area (TPSA) is 150 Å². The third kappa shape index (κ3) is 11.0. The maximum atomic E-state index is 12.7. The molecule has 1 atom stereocenters. The van der Waals surface area contributed by atoms with E-state index in [1.165, 1.54) is 43.5 Å². The van der Waals surface area contributed by atoms with Gasteiger partial charge in [0.2, 0.25) is 0 Å². The van der Waals surface area contributed by atoms with Crippen LogP contribution in [-0.4, -0.2) is 77.0 Å². The van der Waals surface area contributed by atoms with Crippen LogP contribution in [0.25, 0.3) is 0 Å². The molecule has 0 amide bonds. The molecule has 0 radical (unpaired) electrons. The molecule has 12 nitrogen and oxygen atoms in total. The van der Waals surface area contributed by atoms with Gasteiger partial charge in [-0.3, -0.25) is 18.4 Å². The van der Waals surface area contributed by atoms with Crippen molar-refractivity contribution in [3.63, 3.8) is 0 Å². The third-order valence-electron chi connectivity index (χ3n) is 5.06. The van der Waals surface area contributed by atoms with Gasteiger partial charge in [-0.05, 0) is 43.3 Å². The minimum atomic E-state index is -4.01. The molecule has 40 heavy (non-hydrogen) atoms. The minimum Gasteiger partial charge on any atom is -0.460 e. The number of carbonyl (C=O) groups excluding carboxylic acids is 4. The Morgan fingerprint density at radius 3 is 1.30 bits per heavy atom. The second kappa shape index (κ2) is 17.3. The van der Waals surface area contributed by atoms with E-state index < -0.39 is 25.7 Å². The van der Waals surface area contributed by atoms with E-state index >= 15 is 0 Å². The lowest BCUT2D eigenvalue weighted by Crippen LogP contribution is -2.14. The van der Waals surface area contributed by atoms with Crippen molar-refractivity contribution >= 4 is 31.5 Å². The molecule has 0 fully saturated rings. The van der Waals surface area contributed by atoms with Gasteiger partial charge in [-0.1, -0.05) is 19.1 Å². The molecule has 0 aliphatic rings. The molecule has 2 aromatic rings. The normalized spacial score (nSPS) is 12.3. The number of methoxy groups -OCH3 is 1. The zero-order valence-electron chi connectivity index (χ0n) is 22.6. The van der Waals surface area contributed by atoms with Crippen molar-refractivity contribution in [3.05, 3.63) is 70.8 Å². The van der Waals surface area contributed by atoms with Crippen molar-refractivity contribution in [1.82, 2.24) is 0 Å². The van der Waals surface area contributed by atoms with Gasteiger partial charge in [-0.15, -0.1) is 0 Å². The van der Waals surface area contributed by atoms with Crippen LogP contribution in [0.15, 0.2) is 48.5 Å². The van der Waals surface area contributed by atoms with Gasteiger partial charge < -0.3 is 18.9 Å². The molecule has 0 aliphatic carbocycles. The molecule has 13 heteroatoms. The summed E-state index contributed by atoms with van der Waals surface area (Å²) < 4.78 is 48.2. The van der Waals surface area contributed by atoms with E-state index in [0.29, 0.717) is 12.0 Å². The lowest BCUT2D eigenvalue weighted by Gasteiger charge is -2.17. The Kier molecular flexibility index (Phi) is 14.2. The van der Waals surface area contributed by atoms with Gasteiger partial charge in [-0.2, -0.15) is 0 Å². The van der Waals surface area contributed by atoms with Gasteiger partial charge in [0.05, 0.1) is 43.1 Å². The number of rotatable bonds is 18. The Hall–Kier alpha value is -3.41. The maximum Gasteiger partial charge on any atom is 0.475 e. The van der Waals surface area contributed by atoms with Crippen LogP contribution in [-0.2, 0) is 37.1 Å². The highest BCUT2D eigenvalue weighted by atomic mass is 31.2. The summed E-state index contributed by atoms with van der Waals surface area (Å²) in [4.78, 5) is 48.0. The summed E-state index contributed by atoms with van der Waals surface area (Å²) in [6, 6.07) is 11.7. The zero-order valence-corrected chi connectivity index (χ0v) is 23.5. The summed E-state index contributed by atoms with van der Waals surface area (Å²) in [6.45, 7) is 2.65. The highest BCUT2D eigenvalue weighted by Gasteiger charge is 2.26. The first kappa shape index (κ1) is 32.8. The molecular weight excluding hydrogens is 547 g/mol. The Balaban J connectivity index is 1.74. The van der Waals surface area contributed by atoms with Crippen molar-refractivity contribution in [3.8, 4) is 0 Å². The quantitative estimate of drug-likeness (QED) is 0.0814. The van der Waals surface area contributed by atoms with E-state index in [2.05, 4.69) is 0 Å². The molecule has 0 bridgehead atoms. The van der Waals surface area contributed by atoms with Crippen molar-refractivity contribution in [2.45, 2.75) is 20.3 Å². The summed E-state index contributed by atoms with van der Waals surface area (Å²) in [6.07, 6.45) is 0.356. The molecule has 1 unspecified atom stereocenters. The van der Waals surface area contributed by atoms with Gasteiger partial charge in [0.25, 0.3) is 0 Å². The fourth-order valence-electron chi connectivity index (χ4n) is 3.04. The summed E-state index contributed by atoms with van der Waals surface area (Å²) in [5.74, 6) is -1.92. The Morgan fingerprint density at radius 1 is 0.575 bits per heavy atom. The van der Waals surface area contributed by atoms with E-state index in [-0.39, 0.29) is 68.7 Å². The number of Topliss-reactive ketones (excluding diaryl/α,β-unsaturated/α-hetero) is 1. The number of ketones is 1. The molecule has 218 valence electrons. The first-order chi connectivity index (χ1) is 19.2. The highest BCUT2D eigenvalue weighted by molar-refractivity contribution is 7.48. The molecule has 0 N–H and O–H groups in total. The first-order valence-electron chi connectivity index (χ1n) is 12.5. The smallest absolute Gasteiger partial charge is 0.460 e. The van der Waals surface area contributed by atoms with Crippen molar-refractivity contribution in [1.29, 1.82) is 0 Å². The van der Waals surface area contributed by atoms with Gasteiger partial charge in [0.15, 0.2) is 5.78 Å². The Morgan fingerprint density at radius 2 is 0.950 bits per heavy atom. The summed E-state index contributed by atoms with van der Waals surface area (Å²) >= 11 is 0. The fraction of sp³-hybridized carbons (Fsp3) is 0.407. The number of ether oxygens (including phenoxy) is 4. The van der Waals surface area contributed by atoms with E-state index in [9.17, 15) is 23.7 Å². The highest BCUT2D eigenvalue weighted by Crippen LogP contribution is 2.49. The Labute approximate surface area is 232 Å². The standard InChI is InChI=1S/C27H33O12P/c1-4-24(28)20-6-8-21(9-7-20)26(30)35-16-18-38-40(32,37-5-2)39-19-17-36-27(31)23-12-10-22(11-13-23)25(29)34-15-14-33-3/h6-13H,4-5,14-19H2,1-3H3. The molecule has 0 aliphatic heterocycles. The van der Waals surface area contributed by atoms with E-state index in [1.54, 1.807) is 26.0 Å². The van der Waals surface area contributed by atoms with Crippen LogP contribution < -0.4 is 0 Å². The number of esters is 3. The second-order valence-corrected chi connectivity index (χ2v) is 9.53. The molecule has 0 heterocycles. The van der Waals surface area contributed by atoms with E-state index in [0.717, 1.165) is 0 Å². The minimum absolute atomic E-state index is 0.0138. The number of phosphoric acid groups is 1. The summed E-state index contributed by atoms with van der Waals surface area (Å²) in [5.41, 5.74) is 1.19. The number of hydrogen-bond acceptors (Lipinski definition) is 12. The van der Waals surface area contributed by atoms with Gasteiger partial charge in [0, 0.05) is 19.1 Å². The van der Waals surface area contributed by atoms with Crippen molar-refractivity contribution in [2.24, 2.45) is 0 Å². The zero-order chi connectivity index (χ0) is 29.4. The largest absolute Gasteiger partial charge is 0.475 e. The Bertz CT molecular complexity index is 1160. The van der Waals surface area contributed by atoms with E-state index in [1.807, 2.05) is 0 Å². The molecule has 0 aromatic heterocycles. The predicted octanol–water partition coefficient (Wildman–Crippen LogP) is 4.27. The van der Waals surface area contributed by atoms with E-state index in [4.69, 9.17) is 32.5 Å². The predicted molar refractivity (Wildman–Crippen MR) is 141 cm³/mol. The number of carbonyl (C=O) groups is 4. The van der Waals surface area contributed by atoms with Crippen LogP contribution in [0.2, 0.25) is 0 Å². The number of benzene rings is 2. The third-order valence-corrected chi connectivity index (χ3v) is 6.63. The molecule has 2 aromatic carbocycles. The average Bonchev–Trinajstić information content (AvgIpc) is 2.97. The average molecular weight is 581 g/mol. The molecule has 0 spiro atoms. The van der Waals surface area contributed by atoms with Crippen LogP contribution in [0.1, 0.15) is 61.7 Å². The maximum absolute atomic E-state index is 12.7. The number of phosphoric ester groups is 1. The molecule has 0 saturated carbocycles. The summed E-state index contributed by atoms with van der Waals surface area (Å²) in [5, 5.41) is 0. The van der Waals surface area contributed by atoms with Gasteiger partial charge >= 0.3 is 25.7 Å². The molecular formula is C27H33O12P. The lowest BCUT2D eigenvalue weighted by atomic mass is 10.1. The van der Waals surface area contributed by atoms with Crippen molar-refractivity contribution in [2.75, 3.05) is 53.4 Å². The first-order valence-corrected chi connectivity index (χ1v) is 14.0. The van der Waals surface area contributed by atoms with Crippen LogP contribution in [0.3, 0.4) is 0 Å². The van der Waals surface area contributed by atoms with Crippen LogP contribution in [0, 0.1) is 0 Å². The van der Waals surface area contributed by atoms with Crippen LogP contribution in [0.5, 0.6) is 0 Å². The van der Waals surface area contributed by atoms with Crippen LogP contribution in [0.4, 0.5) is 0 Å². The molecule has 2 rings (SSSR count). The second-order valence-electron chi connectivity index (χ2n) is 7.86. The van der Waals surface area contributed by atoms with Crippen molar-refractivity contribution < 1.29 is 56.3 Å². The van der Waals surface area contributed by atoms with Crippen LogP contribution >= 0.6 is 7.82 Å².